The van der Waals surface area contributed by atoms with E-state index in [0.29, 0.717) is 38.5 Å². The smallest absolute Gasteiger partial charge is 0.255 e. The van der Waals surface area contributed by atoms with E-state index in [1.807, 2.05) is 30.2 Å². The minimum Gasteiger partial charge on any atom is -0.378 e. The van der Waals surface area contributed by atoms with Crippen molar-refractivity contribution in [2.45, 2.75) is 31.8 Å². The Balaban J connectivity index is 1.27. The summed E-state index contributed by atoms with van der Waals surface area (Å²) in [5, 5.41) is 0. The number of hydrogen-bond donors (Lipinski definition) is 0. The molecule has 8 nitrogen and oxygen atoms in total. The molecular weight excluding hydrogens is 382 g/mol. The number of hydrogen-bond acceptors (Lipinski definition) is 7. The number of anilines is 1. The predicted octanol–water partition coefficient (Wildman–Crippen LogP) is 1.72. The van der Waals surface area contributed by atoms with E-state index < -0.39 is 5.60 Å². The summed E-state index contributed by atoms with van der Waals surface area (Å²) in [6.07, 6.45) is 5.98. The minimum absolute atomic E-state index is 0.0285. The van der Waals surface area contributed by atoms with E-state index in [1.54, 1.807) is 6.20 Å². The van der Waals surface area contributed by atoms with Gasteiger partial charge in [-0.1, -0.05) is 0 Å². The maximum absolute atomic E-state index is 13.0. The lowest BCUT2D eigenvalue weighted by Crippen LogP contribution is -2.49. The fourth-order valence-electron chi connectivity index (χ4n) is 4.62. The zero-order valence-electron chi connectivity index (χ0n) is 17.3. The number of pyridine rings is 1. The van der Waals surface area contributed by atoms with Crippen LogP contribution in [-0.4, -0.2) is 71.8 Å². The summed E-state index contributed by atoms with van der Waals surface area (Å²) in [5.74, 6) is 1.69. The second-order valence-electron chi connectivity index (χ2n) is 8.18. The summed E-state index contributed by atoms with van der Waals surface area (Å²) in [6, 6.07) is 3.82. The van der Waals surface area contributed by atoms with Crippen LogP contribution in [0, 0.1) is 6.92 Å². The number of carbonyl (C=O) groups excluding carboxylic acids is 1. The molecule has 0 bridgehead atoms. The van der Waals surface area contributed by atoms with Crippen molar-refractivity contribution < 1.29 is 14.3 Å². The molecule has 5 heterocycles. The molecule has 0 radical (unpaired) electrons. The van der Waals surface area contributed by atoms with Crippen molar-refractivity contribution in [2.75, 3.05) is 50.9 Å². The molecule has 2 saturated heterocycles. The first-order chi connectivity index (χ1) is 14.6. The maximum Gasteiger partial charge on any atom is 0.255 e. The molecule has 3 aliphatic rings. The molecule has 0 aromatic carbocycles. The van der Waals surface area contributed by atoms with Crippen molar-refractivity contribution in [1.29, 1.82) is 0 Å². The second kappa shape index (κ2) is 7.92. The number of morpholine rings is 1. The topological polar surface area (TPSA) is 80.7 Å². The van der Waals surface area contributed by atoms with Gasteiger partial charge >= 0.3 is 0 Å². The molecule has 30 heavy (non-hydrogen) atoms. The molecular formula is C22H27N5O3. The van der Waals surface area contributed by atoms with E-state index in [-0.39, 0.29) is 5.91 Å². The summed E-state index contributed by atoms with van der Waals surface area (Å²) in [7, 11) is 0. The van der Waals surface area contributed by atoms with E-state index in [2.05, 4.69) is 14.9 Å². The lowest BCUT2D eigenvalue weighted by molar-refractivity contribution is -0.0968. The van der Waals surface area contributed by atoms with Crippen LogP contribution in [0.4, 0.5) is 5.82 Å². The number of fused-ring (bicyclic) bond motifs is 2. The monoisotopic (exact) mass is 409 g/mol. The van der Waals surface area contributed by atoms with Gasteiger partial charge in [0, 0.05) is 38.6 Å². The summed E-state index contributed by atoms with van der Waals surface area (Å²) in [4.78, 5) is 30.7. The molecule has 1 spiro atoms. The fourth-order valence-corrected chi connectivity index (χ4v) is 4.62. The zero-order valence-corrected chi connectivity index (χ0v) is 17.3. The average Bonchev–Trinajstić information content (AvgIpc) is 2.80. The number of piperidine rings is 1. The first-order valence-corrected chi connectivity index (χ1v) is 10.7. The van der Waals surface area contributed by atoms with E-state index in [0.717, 1.165) is 49.7 Å². The number of ether oxygens (including phenoxy) is 2. The minimum atomic E-state index is -0.392. The molecule has 3 aliphatic heterocycles. The third kappa shape index (κ3) is 3.54. The molecule has 2 aromatic rings. The third-order valence-electron chi connectivity index (χ3n) is 6.35. The molecule has 5 rings (SSSR count). The lowest BCUT2D eigenvalue weighted by atomic mass is 9.83. The van der Waals surface area contributed by atoms with Crippen molar-refractivity contribution in [1.82, 2.24) is 19.9 Å². The average molecular weight is 409 g/mol. The Bertz CT molecular complexity index is 919. The van der Waals surface area contributed by atoms with Crippen molar-refractivity contribution in [2.24, 2.45) is 0 Å². The van der Waals surface area contributed by atoms with Crippen LogP contribution in [0.1, 0.15) is 40.3 Å². The van der Waals surface area contributed by atoms with Crippen molar-refractivity contribution in [3.63, 3.8) is 0 Å². The molecule has 0 aliphatic carbocycles. The maximum atomic E-state index is 13.0. The fraction of sp³-hybridized carbons (Fsp3) is 0.545. The summed E-state index contributed by atoms with van der Waals surface area (Å²) in [6.45, 7) is 6.98. The summed E-state index contributed by atoms with van der Waals surface area (Å²) >= 11 is 0. The summed E-state index contributed by atoms with van der Waals surface area (Å²) < 4.78 is 11.6. The zero-order chi connectivity index (χ0) is 20.6. The molecule has 0 atom stereocenters. The molecule has 1 amide bonds. The van der Waals surface area contributed by atoms with Crippen LogP contribution in [0.25, 0.3) is 0 Å². The third-order valence-corrected chi connectivity index (χ3v) is 6.35. The van der Waals surface area contributed by atoms with E-state index in [1.165, 1.54) is 5.56 Å². The summed E-state index contributed by atoms with van der Waals surface area (Å²) in [5.41, 5.74) is 2.43. The molecule has 8 heteroatoms. The number of likely N-dealkylation sites (tertiary alicyclic amines) is 1. The van der Waals surface area contributed by atoms with E-state index in [4.69, 9.17) is 14.5 Å². The lowest BCUT2D eigenvalue weighted by Gasteiger charge is -2.44. The molecule has 0 unspecified atom stereocenters. The highest BCUT2D eigenvalue weighted by molar-refractivity contribution is 5.94. The van der Waals surface area contributed by atoms with Gasteiger partial charge in [0.05, 0.1) is 31.1 Å². The van der Waals surface area contributed by atoms with Crippen molar-refractivity contribution in [3.8, 4) is 0 Å². The Morgan fingerprint density at radius 2 is 1.83 bits per heavy atom. The van der Waals surface area contributed by atoms with Crippen LogP contribution < -0.4 is 4.90 Å². The highest BCUT2D eigenvalue weighted by atomic mass is 16.5. The van der Waals surface area contributed by atoms with Gasteiger partial charge in [0.2, 0.25) is 0 Å². The standard InChI is InChI=1S/C22H27N5O3/c1-16-23-14-17-4-11-30-22(20(17)25-16)5-7-27(8-6-22)21(28)18-2-3-19(24-15-18)26-9-12-29-13-10-26/h2-3,14-15H,4-13H2,1H3. The van der Waals surface area contributed by atoms with Gasteiger partial charge in [-0.3, -0.25) is 4.79 Å². The van der Waals surface area contributed by atoms with Crippen LogP contribution in [0.3, 0.4) is 0 Å². The number of aromatic nitrogens is 3. The first kappa shape index (κ1) is 19.4. The highest BCUT2D eigenvalue weighted by Crippen LogP contribution is 2.40. The van der Waals surface area contributed by atoms with Crippen molar-refractivity contribution in [3.05, 3.63) is 47.2 Å². The van der Waals surface area contributed by atoms with Gasteiger partial charge in [-0.25, -0.2) is 15.0 Å². The number of rotatable bonds is 2. The van der Waals surface area contributed by atoms with Gasteiger partial charge in [-0.15, -0.1) is 0 Å². The van der Waals surface area contributed by atoms with Gasteiger partial charge in [-0.2, -0.15) is 0 Å². The van der Waals surface area contributed by atoms with Crippen LogP contribution in [0.15, 0.2) is 24.5 Å². The first-order valence-electron chi connectivity index (χ1n) is 10.7. The normalized spacial score (nSPS) is 20.8. The van der Waals surface area contributed by atoms with Crippen molar-refractivity contribution >= 4 is 11.7 Å². The Morgan fingerprint density at radius 3 is 2.57 bits per heavy atom. The Labute approximate surface area is 176 Å². The quantitative estimate of drug-likeness (QED) is 0.747. The van der Waals surface area contributed by atoms with Crippen LogP contribution in [0.2, 0.25) is 0 Å². The van der Waals surface area contributed by atoms with E-state index >= 15 is 0 Å². The molecule has 2 aromatic heterocycles. The molecule has 158 valence electrons. The Morgan fingerprint density at radius 1 is 1.03 bits per heavy atom. The predicted molar refractivity (Wildman–Crippen MR) is 111 cm³/mol. The van der Waals surface area contributed by atoms with Gasteiger partial charge in [0.15, 0.2) is 0 Å². The molecule has 0 N–H and O–H groups in total. The van der Waals surface area contributed by atoms with Gasteiger partial charge in [-0.05, 0) is 43.9 Å². The number of nitrogens with zero attached hydrogens (tertiary/aromatic N) is 5. The number of carbonyl (C=O) groups is 1. The van der Waals surface area contributed by atoms with Gasteiger partial charge in [0.25, 0.3) is 5.91 Å². The van der Waals surface area contributed by atoms with E-state index in [9.17, 15) is 4.79 Å². The number of amides is 1. The number of aryl methyl sites for hydroxylation is 1. The Hall–Kier alpha value is -2.58. The van der Waals surface area contributed by atoms with Gasteiger partial charge in [0.1, 0.15) is 17.2 Å². The Kier molecular flexibility index (Phi) is 5.12. The highest BCUT2D eigenvalue weighted by Gasteiger charge is 2.43. The van der Waals surface area contributed by atoms with Gasteiger partial charge < -0.3 is 19.3 Å². The molecule has 0 saturated carbocycles. The van der Waals surface area contributed by atoms with Crippen LogP contribution in [-0.2, 0) is 21.5 Å². The largest absolute Gasteiger partial charge is 0.378 e. The SMILES string of the molecule is Cc1ncc2c(n1)C1(CCN(C(=O)c3ccc(N4CCOCC4)nc3)CC1)OCC2. The molecule has 2 fully saturated rings. The second-order valence-corrected chi connectivity index (χ2v) is 8.18. The van der Waals surface area contributed by atoms with Crippen LogP contribution >= 0.6 is 0 Å². The van der Waals surface area contributed by atoms with Crippen LogP contribution in [0.5, 0.6) is 0 Å².